The number of hydrogen-bond acceptors (Lipinski definition) is 3. The van der Waals surface area contributed by atoms with Crippen molar-refractivity contribution in [2.75, 3.05) is 11.9 Å². The van der Waals surface area contributed by atoms with Gasteiger partial charge in [-0.1, -0.05) is 23.2 Å². The zero-order valence-corrected chi connectivity index (χ0v) is 12.6. The lowest BCUT2D eigenvalue weighted by molar-refractivity contribution is 0.175. The lowest BCUT2D eigenvalue weighted by Crippen LogP contribution is -2.32. The molecular weight excluding hydrogens is 319 g/mol. The number of benzene rings is 1. The number of thiophene rings is 1. The van der Waals surface area contributed by atoms with Crippen molar-refractivity contribution in [2.24, 2.45) is 0 Å². The third kappa shape index (κ3) is 4.11. The van der Waals surface area contributed by atoms with Crippen LogP contribution < -0.4 is 10.6 Å². The molecule has 0 aliphatic heterocycles. The van der Waals surface area contributed by atoms with Gasteiger partial charge in [0.15, 0.2) is 0 Å². The second-order valence-corrected chi connectivity index (χ2v) is 5.66. The Kier molecular flexibility index (Phi) is 5.25. The Morgan fingerprint density at radius 3 is 2.85 bits per heavy atom. The van der Waals surface area contributed by atoms with Crippen LogP contribution in [0.15, 0.2) is 35.0 Å². The molecule has 0 aliphatic carbocycles. The molecule has 2 rings (SSSR count). The van der Waals surface area contributed by atoms with Crippen LogP contribution in [0.25, 0.3) is 0 Å². The van der Waals surface area contributed by atoms with Crippen molar-refractivity contribution in [3.63, 3.8) is 0 Å². The number of rotatable bonds is 4. The number of nitrogens with one attached hydrogen (secondary N) is 2. The molecule has 0 saturated carbocycles. The monoisotopic (exact) mass is 330 g/mol. The first kappa shape index (κ1) is 15.1. The number of carbonyl (C=O) groups is 1. The number of hydrogen-bond donors (Lipinski definition) is 3. The Morgan fingerprint density at radius 2 is 2.15 bits per heavy atom. The van der Waals surface area contributed by atoms with Crippen LogP contribution in [0, 0.1) is 0 Å². The van der Waals surface area contributed by atoms with E-state index in [-0.39, 0.29) is 6.54 Å². The summed E-state index contributed by atoms with van der Waals surface area (Å²) in [5.41, 5.74) is 1.19. The number of halogens is 2. The van der Waals surface area contributed by atoms with E-state index in [0.717, 1.165) is 5.56 Å². The Morgan fingerprint density at radius 1 is 1.35 bits per heavy atom. The molecular formula is C13H12Cl2N2O2S. The van der Waals surface area contributed by atoms with Gasteiger partial charge in [0.2, 0.25) is 0 Å². The van der Waals surface area contributed by atoms with Crippen LogP contribution in [0.2, 0.25) is 10.0 Å². The zero-order valence-electron chi connectivity index (χ0n) is 10.3. The lowest BCUT2D eigenvalue weighted by Gasteiger charge is -2.12. The fourth-order valence-electron chi connectivity index (χ4n) is 1.53. The highest BCUT2D eigenvalue weighted by Crippen LogP contribution is 2.25. The van der Waals surface area contributed by atoms with Crippen molar-refractivity contribution in [2.45, 2.75) is 6.10 Å². The minimum absolute atomic E-state index is 0.112. The summed E-state index contributed by atoms with van der Waals surface area (Å²) in [5.74, 6) is 0. The fraction of sp³-hybridized carbons (Fsp3) is 0.154. The maximum absolute atomic E-state index is 11.7. The molecule has 0 bridgehead atoms. The molecule has 1 heterocycles. The van der Waals surface area contributed by atoms with Crippen molar-refractivity contribution in [3.8, 4) is 0 Å². The van der Waals surface area contributed by atoms with Crippen LogP contribution in [-0.2, 0) is 0 Å². The minimum Gasteiger partial charge on any atom is -0.387 e. The van der Waals surface area contributed by atoms with Crippen molar-refractivity contribution in [1.29, 1.82) is 0 Å². The van der Waals surface area contributed by atoms with Crippen molar-refractivity contribution in [1.82, 2.24) is 5.32 Å². The second kappa shape index (κ2) is 6.95. The normalized spacial score (nSPS) is 11.9. The van der Waals surface area contributed by atoms with Crippen LogP contribution >= 0.6 is 34.5 Å². The molecule has 20 heavy (non-hydrogen) atoms. The average Bonchev–Trinajstić information content (AvgIpc) is 2.94. The smallest absolute Gasteiger partial charge is 0.319 e. The predicted octanol–water partition coefficient (Wildman–Crippen LogP) is 3.91. The molecule has 7 heteroatoms. The molecule has 106 valence electrons. The zero-order chi connectivity index (χ0) is 14.5. The first-order chi connectivity index (χ1) is 9.56. The van der Waals surface area contributed by atoms with Crippen LogP contribution in [0.4, 0.5) is 10.5 Å². The molecule has 0 saturated heterocycles. The number of carbonyl (C=O) groups excluding carboxylic acids is 1. The number of aliphatic hydroxyl groups excluding tert-OH is 1. The summed E-state index contributed by atoms with van der Waals surface area (Å²) < 4.78 is 0. The quantitative estimate of drug-likeness (QED) is 0.795. The largest absolute Gasteiger partial charge is 0.387 e. The average molecular weight is 331 g/mol. The van der Waals surface area contributed by atoms with E-state index in [1.54, 1.807) is 18.2 Å². The van der Waals surface area contributed by atoms with Gasteiger partial charge in [0.1, 0.15) is 0 Å². The highest BCUT2D eigenvalue weighted by Gasteiger charge is 2.11. The number of anilines is 1. The number of urea groups is 1. The van der Waals surface area contributed by atoms with Crippen LogP contribution in [0.1, 0.15) is 11.7 Å². The fourth-order valence-corrected chi connectivity index (χ4v) is 2.58. The van der Waals surface area contributed by atoms with Gasteiger partial charge in [-0.25, -0.2) is 4.79 Å². The molecule has 2 amide bonds. The molecule has 1 aromatic heterocycles. The summed E-state index contributed by atoms with van der Waals surface area (Å²) in [5, 5.41) is 19.5. The molecule has 4 nitrogen and oxygen atoms in total. The van der Waals surface area contributed by atoms with Crippen LogP contribution in [0.5, 0.6) is 0 Å². The van der Waals surface area contributed by atoms with Gasteiger partial charge in [-0.2, -0.15) is 11.3 Å². The van der Waals surface area contributed by atoms with Crippen molar-refractivity contribution < 1.29 is 9.90 Å². The topological polar surface area (TPSA) is 61.4 Å². The Hall–Kier alpha value is -1.27. The standard InChI is InChI=1S/C13H12Cl2N2O2S/c14-9-1-2-10(15)11(5-9)17-13(19)16-6-12(18)8-3-4-20-7-8/h1-5,7,12,18H,6H2,(H2,16,17,19). The maximum atomic E-state index is 11.7. The van der Waals surface area contributed by atoms with Gasteiger partial charge >= 0.3 is 6.03 Å². The molecule has 1 unspecified atom stereocenters. The summed E-state index contributed by atoms with van der Waals surface area (Å²) in [6.45, 7) is 0.112. The third-order valence-electron chi connectivity index (χ3n) is 2.56. The summed E-state index contributed by atoms with van der Waals surface area (Å²) in [6, 6.07) is 6.14. The summed E-state index contributed by atoms with van der Waals surface area (Å²) in [4.78, 5) is 11.7. The summed E-state index contributed by atoms with van der Waals surface area (Å²) >= 11 is 13.2. The van der Waals surface area contributed by atoms with Gasteiger partial charge < -0.3 is 15.7 Å². The SMILES string of the molecule is O=C(NCC(O)c1ccsc1)Nc1cc(Cl)ccc1Cl. The van der Waals surface area contributed by atoms with Gasteiger partial charge in [-0.05, 0) is 40.6 Å². The van der Waals surface area contributed by atoms with E-state index in [1.807, 2.05) is 16.8 Å². The van der Waals surface area contributed by atoms with Gasteiger partial charge in [0.05, 0.1) is 16.8 Å². The molecule has 1 aromatic carbocycles. The first-order valence-corrected chi connectivity index (χ1v) is 7.46. The molecule has 2 aromatic rings. The second-order valence-electron chi connectivity index (χ2n) is 4.03. The number of amides is 2. The third-order valence-corrected chi connectivity index (χ3v) is 3.83. The Bertz CT molecular complexity index is 590. The summed E-state index contributed by atoms with van der Waals surface area (Å²) in [6.07, 6.45) is -0.734. The van der Waals surface area contributed by atoms with Crippen LogP contribution in [-0.4, -0.2) is 17.7 Å². The predicted molar refractivity (Wildman–Crippen MR) is 82.8 cm³/mol. The van der Waals surface area contributed by atoms with Gasteiger partial charge in [0.25, 0.3) is 0 Å². The van der Waals surface area contributed by atoms with E-state index in [2.05, 4.69) is 10.6 Å². The Labute approximate surface area is 130 Å². The molecule has 0 fully saturated rings. The Balaban J connectivity index is 1.88. The van der Waals surface area contributed by atoms with Crippen molar-refractivity contribution in [3.05, 3.63) is 50.6 Å². The van der Waals surface area contributed by atoms with Gasteiger partial charge in [0, 0.05) is 11.6 Å². The van der Waals surface area contributed by atoms with Gasteiger partial charge in [-0.3, -0.25) is 0 Å². The highest BCUT2D eigenvalue weighted by molar-refractivity contribution is 7.07. The number of aliphatic hydroxyl groups is 1. The maximum Gasteiger partial charge on any atom is 0.319 e. The van der Waals surface area contributed by atoms with Gasteiger partial charge in [-0.15, -0.1) is 0 Å². The molecule has 1 atom stereocenters. The van der Waals surface area contributed by atoms with E-state index < -0.39 is 12.1 Å². The van der Waals surface area contributed by atoms with E-state index in [4.69, 9.17) is 23.2 Å². The molecule has 0 spiro atoms. The highest BCUT2D eigenvalue weighted by atomic mass is 35.5. The molecule has 0 radical (unpaired) electrons. The lowest BCUT2D eigenvalue weighted by atomic mass is 10.2. The first-order valence-electron chi connectivity index (χ1n) is 5.76. The minimum atomic E-state index is -0.734. The van der Waals surface area contributed by atoms with Crippen molar-refractivity contribution >= 4 is 46.3 Å². The molecule has 3 N–H and O–H groups in total. The van der Waals surface area contributed by atoms with E-state index >= 15 is 0 Å². The van der Waals surface area contributed by atoms with E-state index in [9.17, 15) is 9.90 Å². The van der Waals surface area contributed by atoms with Crippen LogP contribution in [0.3, 0.4) is 0 Å². The summed E-state index contributed by atoms with van der Waals surface area (Å²) in [7, 11) is 0. The van der Waals surface area contributed by atoms with E-state index in [0.29, 0.717) is 15.7 Å². The van der Waals surface area contributed by atoms with E-state index in [1.165, 1.54) is 11.3 Å². The molecule has 0 aliphatic rings.